The first-order valence-corrected chi connectivity index (χ1v) is 7.19. The van der Waals surface area contributed by atoms with Gasteiger partial charge in [-0.1, -0.05) is 18.2 Å². The first-order valence-electron chi connectivity index (χ1n) is 7.19. The van der Waals surface area contributed by atoms with Crippen LogP contribution in [0.25, 0.3) is 0 Å². The average Bonchev–Trinajstić information content (AvgIpc) is 2.39. The van der Waals surface area contributed by atoms with Crippen LogP contribution in [0.5, 0.6) is 0 Å². The maximum absolute atomic E-state index is 11.9. The van der Waals surface area contributed by atoms with E-state index < -0.39 is 0 Å². The number of nitrogens with zero attached hydrogens (tertiary/aromatic N) is 2. The van der Waals surface area contributed by atoms with E-state index in [1.165, 1.54) is 11.3 Å². The van der Waals surface area contributed by atoms with E-state index in [0.29, 0.717) is 6.54 Å². The second-order valence-corrected chi connectivity index (χ2v) is 6.47. The number of carbonyl (C=O) groups is 1. The number of nitrogens with one attached hydrogen (secondary N) is 1. The molecule has 0 radical (unpaired) electrons. The predicted octanol–water partition coefficient (Wildman–Crippen LogP) is 1.85. The number of hydrogen-bond donors (Lipinski definition) is 1. The fourth-order valence-corrected chi connectivity index (χ4v) is 2.29. The van der Waals surface area contributed by atoms with Crippen LogP contribution in [0.3, 0.4) is 0 Å². The Balaban J connectivity index is 2.13. The lowest BCUT2D eigenvalue weighted by Gasteiger charge is -2.35. The molecule has 4 heteroatoms. The second-order valence-electron chi connectivity index (χ2n) is 6.47. The van der Waals surface area contributed by atoms with Gasteiger partial charge in [-0.15, -0.1) is 0 Å². The summed E-state index contributed by atoms with van der Waals surface area (Å²) >= 11 is 0. The number of amides is 1. The van der Waals surface area contributed by atoms with Crippen molar-refractivity contribution in [1.82, 2.24) is 10.2 Å². The molecule has 4 nitrogen and oxygen atoms in total. The summed E-state index contributed by atoms with van der Waals surface area (Å²) in [6.07, 6.45) is 0. The number of carbonyl (C=O) groups excluding carboxylic acids is 1. The number of hydrogen-bond acceptors (Lipinski definition) is 3. The number of rotatable bonds is 3. The second kappa shape index (κ2) is 5.83. The summed E-state index contributed by atoms with van der Waals surface area (Å²) in [4.78, 5) is 15.9. The zero-order valence-electron chi connectivity index (χ0n) is 12.9. The summed E-state index contributed by atoms with van der Waals surface area (Å²) in [6.45, 7) is 9.47. The van der Waals surface area contributed by atoms with Gasteiger partial charge < -0.3 is 15.1 Å². The summed E-state index contributed by atoms with van der Waals surface area (Å²) in [5, 5.41) is 3.52. The Hall–Kier alpha value is -1.55. The van der Waals surface area contributed by atoms with Crippen molar-refractivity contribution < 1.29 is 4.79 Å². The fraction of sp³-hybridized carbons (Fsp3) is 0.562. The van der Waals surface area contributed by atoms with Gasteiger partial charge in [0, 0.05) is 37.9 Å². The molecule has 1 N–H and O–H groups in total. The average molecular weight is 275 g/mol. The first-order chi connectivity index (χ1) is 9.37. The van der Waals surface area contributed by atoms with Gasteiger partial charge in [0.05, 0.1) is 6.54 Å². The van der Waals surface area contributed by atoms with Gasteiger partial charge in [0.15, 0.2) is 0 Å². The fourth-order valence-electron chi connectivity index (χ4n) is 2.29. The third-order valence-electron chi connectivity index (χ3n) is 3.60. The molecule has 0 aliphatic carbocycles. The monoisotopic (exact) mass is 275 g/mol. The van der Waals surface area contributed by atoms with Gasteiger partial charge in [-0.05, 0) is 32.4 Å². The van der Waals surface area contributed by atoms with E-state index in [1.54, 1.807) is 4.90 Å². The van der Waals surface area contributed by atoms with Crippen molar-refractivity contribution >= 4 is 11.6 Å². The normalized spacial score (nSPS) is 16.7. The summed E-state index contributed by atoms with van der Waals surface area (Å²) in [5.74, 6) is 0.190. The minimum Gasteiger partial charge on any atom is -0.360 e. The Morgan fingerprint density at radius 1 is 1.20 bits per heavy atom. The van der Waals surface area contributed by atoms with Crippen molar-refractivity contribution in [1.29, 1.82) is 0 Å². The molecule has 1 saturated heterocycles. The summed E-state index contributed by atoms with van der Waals surface area (Å²) < 4.78 is 0. The van der Waals surface area contributed by atoms with Gasteiger partial charge in [-0.25, -0.2) is 0 Å². The van der Waals surface area contributed by atoms with Gasteiger partial charge in [0.2, 0.25) is 5.91 Å². The zero-order valence-corrected chi connectivity index (χ0v) is 12.9. The van der Waals surface area contributed by atoms with Crippen LogP contribution >= 0.6 is 0 Å². The topological polar surface area (TPSA) is 35.6 Å². The summed E-state index contributed by atoms with van der Waals surface area (Å²) in [6, 6.07) is 8.34. The van der Waals surface area contributed by atoms with Crippen molar-refractivity contribution in [3.63, 3.8) is 0 Å². The molecule has 20 heavy (non-hydrogen) atoms. The molecule has 1 aromatic carbocycles. The van der Waals surface area contributed by atoms with Crippen molar-refractivity contribution in [2.24, 2.45) is 0 Å². The van der Waals surface area contributed by atoms with Gasteiger partial charge >= 0.3 is 0 Å². The highest BCUT2D eigenvalue weighted by atomic mass is 16.2. The van der Waals surface area contributed by atoms with E-state index in [0.717, 1.165) is 19.6 Å². The molecule has 0 bridgehead atoms. The van der Waals surface area contributed by atoms with Gasteiger partial charge in [-0.3, -0.25) is 4.79 Å². The van der Waals surface area contributed by atoms with E-state index in [2.05, 4.69) is 49.2 Å². The van der Waals surface area contributed by atoms with Crippen LogP contribution in [-0.4, -0.2) is 43.0 Å². The molecule has 1 fully saturated rings. The highest BCUT2D eigenvalue weighted by molar-refractivity contribution is 5.82. The summed E-state index contributed by atoms with van der Waals surface area (Å²) in [7, 11) is 1.87. The lowest BCUT2D eigenvalue weighted by atomic mass is 10.1. The first kappa shape index (κ1) is 14.9. The molecule has 0 atom stereocenters. The largest absolute Gasteiger partial charge is 0.360 e. The highest BCUT2D eigenvalue weighted by Gasteiger charge is 2.22. The Labute approximate surface area is 121 Å². The molecule has 1 aliphatic heterocycles. The van der Waals surface area contributed by atoms with E-state index in [4.69, 9.17) is 0 Å². The maximum atomic E-state index is 11.9. The molecule has 1 aromatic rings. The standard InChI is InChI=1S/C16H25N3O/c1-16(2,3)17-11-13-7-5-6-8-14(13)19-10-9-18(4)15(20)12-19/h5-8,17H,9-12H2,1-4H3. The number of para-hydroxylation sites is 1. The third kappa shape index (κ3) is 3.73. The van der Waals surface area contributed by atoms with Gasteiger partial charge in [0.1, 0.15) is 0 Å². The number of piperazine rings is 1. The molecule has 0 spiro atoms. The van der Waals surface area contributed by atoms with Gasteiger partial charge in [-0.2, -0.15) is 0 Å². The Morgan fingerprint density at radius 2 is 1.90 bits per heavy atom. The smallest absolute Gasteiger partial charge is 0.241 e. The molecular weight excluding hydrogens is 250 g/mol. The van der Waals surface area contributed by atoms with Crippen LogP contribution in [0.2, 0.25) is 0 Å². The molecule has 0 saturated carbocycles. The molecule has 1 heterocycles. The number of anilines is 1. The SMILES string of the molecule is CN1CCN(c2ccccc2CNC(C)(C)C)CC1=O. The van der Waals surface area contributed by atoms with Crippen LogP contribution in [0.4, 0.5) is 5.69 Å². The highest BCUT2D eigenvalue weighted by Crippen LogP contribution is 2.22. The minimum atomic E-state index is 0.0883. The molecule has 1 amide bonds. The number of benzene rings is 1. The minimum absolute atomic E-state index is 0.0883. The molecule has 2 rings (SSSR count). The molecular formula is C16H25N3O. The predicted molar refractivity (Wildman–Crippen MR) is 82.9 cm³/mol. The van der Waals surface area contributed by atoms with Crippen LogP contribution in [0.15, 0.2) is 24.3 Å². The van der Waals surface area contributed by atoms with Crippen LogP contribution in [0, 0.1) is 0 Å². The van der Waals surface area contributed by atoms with Crippen LogP contribution < -0.4 is 10.2 Å². The quantitative estimate of drug-likeness (QED) is 0.914. The van der Waals surface area contributed by atoms with Gasteiger partial charge in [0.25, 0.3) is 0 Å². The Kier molecular flexibility index (Phi) is 4.33. The van der Waals surface area contributed by atoms with Crippen molar-refractivity contribution in [2.45, 2.75) is 32.9 Å². The molecule has 0 unspecified atom stereocenters. The Bertz CT molecular complexity index is 479. The zero-order chi connectivity index (χ0) is 14.8. The van der Waals surface area contributed by atoms with E-state index in [1.807, 2.05) is 13.1 Å². The summed E-state index contributed by atoms with van der Waals surface area (Å²) in [5.41, 5.74) is 2.51. The van der Waals surface area contributed by atoms with E-state index >= 15 is 0 Å². The molecule has 1 aliphatic rings. The maximum Gasteiger partial charge on any atom is 0.241 e. The lowest BCUT2D eigenvalue weighted by molar-refractivity contribution is -0.129. The molecule has 110 valence electrons. The van der Waals surface area contributed by atoms with Crippen molar-refractivity contribution in [3.8, 4) is 0 Å². The lowest BCUT2D eigenvalue weighted by Crippen LogP contribution is -2.49. The van der Waals surface area contributed by atoms with Crippen molar-refractivity contribution in [2.75, 3.05) is 31.6 Å². The van der Waals surface area contributed by atoms with Crippen LogP contribution in [-0.2, 0) is 11.3 Å². The molecule has 0 aromatic heterocycles. The van der Waals surface area contributed by atoms with Crippen molar-refractivity contribution in [3.05, 3.63) is 29.8 Å². The number of likely N-dealkylation sites (N-methyl/N-ethyl adjacent to an activating group) is 1. The van der Waals surface area contributed by atoms with Crippen LogP contribution in [0.1, 0.15) is 26.3 Å². The third-order valence-corrected chi connectivity index (χ3v) is 3.60. The van der Waals surface area contributed by atoms with E-state index in [-0.39, 0.29) is 11.4 Å². The Morgan fingerprint density at radius 3 is 2.55 bits per heavy atom. The van der Waals surface area contributed by atoms with E-state index in [9.17, 15) is 4.79 Å².